The summed E-state index contributed by atoms with van der Waals surface area (Å²) >= 11 is 0. The van der Waals surface area contributed by atoms with Crippen molar-refractivity contribution in [1.29, 1.82) is 0 Å². The molecule has 0 bridgehead atoms. The summed E-state index contributed by atoms with van der Waals surface area (Å²) in [6, 6.07) is 14.8. The summed E-state index contributed by atoms with van der Waals surface area (Å²) in [5.74, 6) is -1.15. The third-order valence-electron chi connectivity index (χ3n) is 6.24. The molecular formula is C30H37N3O5. The fourth-order valence-corrected chi connectivity index (χ4v) is 4.17. The van der Waals surface area contributed by atoms with Crippen molar-refractivity contribution in [2.75, 3.05) is 11.9 Å². The summed E-state index contributed by atoms with van der Waals surface area (Å²) in [4.78, 5) is 37.0. The predicted octanol–water partition coefficient (Wildman–Crippen LogP) is 5.66. The van der Waals surface area contributed by atoms with E-state index < -0.39 is 11.9 Å². The zero-order valence-corrected chi connectivity index (χ0v) is 22.9. The van der Waals surface area contributed by atoms with Crippen LogP contribution in [0.25, 0.3) is 6.08 Å². The summed E-state index contributed by atoms with van der Waals surface area (Å²) < 4.78 is 5.50. The average Bonchev–Trinajstić information content (AvgIpc) is 2.84. The zero-order valence-electron chi connectivity index (χ0n) is 22.9. The van der Waals surface area contributed by atoms with Crippen molar-refractivity contribution in [2.24, 2.45) is 16.4 Å². The molecule has 0 aliphatic carbocycles. The number of carbonyl (C=O) groups is 3. The lowest BCUT2D eigenvalue weighted by atomic mass is 9.87. The summed E-state index contributed by atoms with van der Waals surface area (Å²) in [5.41, 5.74) is 3.07. The Kier molecular flexibility index (Phi) is 9.09. The Hall–Kier alpha value is -3.94. The average molecular weight is 520 g/mol. The van der Waals surface area contributed by atoms with Gasteiger partial charge in [0.2, 0.25) is 11.8 Å². The Morgan fingerprint density at radius 1 is 1.16 bits per heavy atom. The number of benzene rings is 2. The number of carboxylic acids is 1. The van der Waals surface area contributed by atoms with Crippen LogP contribution in [-0.4, -0.2) is 40.4 Å². The highest BCUT2D eigenvalue weighted by molar-refractivity contribution is 5.97. The van der Waals surface area contributed by atoms with Crippen molar-refractivity contribution in [3.05, 3.63) is 70.8 Å². The van der Waals surface area contributed by atoms with E-state index >= 15 is 0 Å². The maximum Gasteiger partial charge on any atom is 0.331 e. The Morgan fingerprint density at radius 2 is 1.84 bits per heavy atom. The minimum atomic E-state index is -0.954. The number of nitrogens with one attached hydrogen (secondary N) is 1. The summed E-state index contributed by atoms with van der Waals surface area (Å²) in [6.45, 7) is 12.0. The standard InChI is InChI=1S/C30H37N3O5/c1-7-22(28(36)37)15-21-9-8-10-24(16-21)31-27(35)26(19(2)3)23-13-11-20(12-14-23)17-33-25(34)18-38-29(32-33)30(4,5)6/h8-16,19,26H,7,17-18H2,1-6H3,(H,31,35)(H,36,37). The molecule has 0 saturated heterocycles. The van der Waals surface area contributed by atoms with Crippen molar-refractivity contribution in [3.63, 3.8) is 0 Å². The van der Waals surface area contributed by atoms with E-state index in [9.17, 15) is 19.5 Å². The van der Waals surface area contributed by atoms with Crippen molar-refractivity contribution in [2.45, 2.75) is 60.4 Å². The van der Waals surface area contributed by atoms with Crippen LogP contribution in [0.15, 0.2) is 59.2 Å². The minimum absolute atomic E-state index is 0.0300. The molecule has 0 saturated carbocycles. The van der Waals surface area contributed by atoms with Gasteiger partial charge >= 0.3 is 5.97 Å². The zero-order chi connectivity index (χ0) is 28.0. The maximum atomic E-state index is 13.3. The molecule has 2 amide bonds. The van der Waals surface area contributed by atoms with E-state index in [0.717, 1.165) is 11.1 Å². The Labute approximate surface area is 224 Å². The lowest BCUT2D eigenvalue weighted by molar-refractivity contribution is -0.136. The fraction of sp³-hybridized carbons (Fsp3) is 0.400. The molecule has 2 N–H and O–H groups in total. The highest BCUT2D eigenvalue weighted by Crippen LogP contribution is 2.28. The third-order valence-corrected chi connectivity index (χ3v) is 6.24. The first kappa shape index (κ1) is 28.6. The highest BCUT2D eigenvalue weighted by atomic mass is 16.5. The quantitative estimate of drug-likeness (QED) is 0.416. The smallest absolute Gasteiger partial charge is 0.331 e. The van der Waals surface area contributed by atoms with Crippen LogP contribution in [0.5, 0.6) is 0 Å². The molecule has 38 heavy (non-hydrogen) atoms. The second-order valence-corrected chi connectivity index (χ2v) is 10.8. The third kappa shape index (κ3) is 7.31. The summed E-state index contributed by atoms with van der Waals surface area (Å²) in [6.07, 6.45) is 2.02. The Morgan fingerprint density at radius 3 is 2.42 bits per heavy atom. The van der Waals surface area contributed by atoms with E-state index in [0.29, 0.717) is 35.7 Å². The number of hydrogen-bond acceptors (Lipinski definition) is 5. The van der Waals surface area contributed by atoms with Gasteiger partial charge in [0, 0.05) is 16.7 Å². The molecule has 1 unspecified atom stereocenters. The van der Waals surface area contributed by atoms with Gasteiger partial charge in [-0.3, -0.25) is 9.59 Å². The van der Waals surface area contributed by atoms with E-state index in [1.54, 1.807) is 37.3 Å². The Bertz CT molecular complexity index is 1240. The molecule has 1 atom stereocenters. The van der Waals surface area contributed by atoms with Crippen molar-refractivity contribution in [1.82, 2.24) is 5.01 Å². The summed E-state index contributed by atoms with van der Waals surface area (Å²) in [7, 11) is 0. The minimum Gasteiger partial charge on any atom is -0.478 e. The van der Waals surface area contributed by atoms with Crippen molar-refractivity contribution >= 4 is 35.4 Å². The number of aliphatic carboxylic acids is 1. The van der Waals surface area contributed by atoms with Gasteiger partial charge in [-0.15, -0.1) is 5.10 Å². The largest absolute Gasteiger partial charge is 0.478 e. The van der Waals surface area contributed by atoms with E-state index in [1.807, 2.05) is 58.9 Å². The fourth-order valence-electron chi connectivity index (χ4n) is 4.17. The number of amides is 2. The van der Waals surface area contributed by atoms with Crippen molar-refractivity contribution < 1.29 is 24.2 Å². The molecule has 8 heteroatoms. The molecule has 202 valence electrons. The molecule has 3 rings (SSSR count). The summed E-state index contributed by atoms with van der Waals surface area (Å²) in [5, 5.41) is 18.1. The molecule has 1 heterocycles. The van der Waals surface area contributed by atoms with Crippen LogP contribution in [0.4, 0.5) is 5.69 Å². The second-order valence-electron chi connectivity index (χ2n) is 10.8. The molecule has 0 spiro atoms. The molecule has 0 fully saturated rings. The lowest BCUT2D eigenvalue weighted by Gasteiger charge is -2.29. The molecule has 2 aromatic carbocycles. The van der Waals surface area contributed by atoms with Crippen LogP contribution in [0.3, 0.4) is 0 Å². The van der Waals surface area contributed by atoms with Crippen molar-refractivity contribution in [3.8, 4) is 0 Å². The predicted molar refractivity (Wildman–Crippen MR) is 148 cm³/mol. The number of hydrogen-bond donors (Lipinski definition) is 2. The number of nitrogens with zero attached hydrogens (tertiary/aromatic N) is 2. The number of carboxylic acid groups (broad SMARTS) is 1. The lowest BCUT2D eigenvalue weighted by Crippen LogP contribution is -2.40. The van der Waals surface area contributed by atoms with Gasteiger partial charge in [-0.05, 0) is 47.2 Å². The van der Waals surface area contributed by atoms with Gasteiger partial charge in [-0.1, -0.05) is 77.9 Å². The van der Waals surface area contributed by atoms with E-state index in [1.165, 1.54) is 5.01 Å². The van der Waals surface area contributed by atoms with Crippen LogP contribution < -0.4 is 5.32 Å². The van der Waals surface area contributed by atoms with Crippen LogP contribution in [0.1, 0.15) is 70.6 Å². The first-order valence-electron chi connectivity index (χ1n) is 12.8. The molecule has 0 aromatic heterocycles. The molecule has 1 aliphatic rings. The van der Waals surface area contributed by atoms with Gasteiger partial charge in [0.05, 0.1) is 12.5 Å². The van der Waals surface area contributed by atoms with E-state index in [4.69, 9.17) is 4.74 Å². The first-order chi connectivity index (χ1) is 17.9. The maximum absolute atomic E-state index is 13.3. The molecule has 0 radical (unpaired) electrons. The van der Waals surface area contributed by atoms with Gasteiger partial charge in [0.1, 0.15) is 0 Å². The van der Waals surface area contributed by atoms with Gasteiger partial charge in [-0.2, -0.15) is 0 Å². The van der Waals surface area contributed by atoms with Crippen LogP contribution in [0.2, 0.25) is 0 Å². The second kappa shape index (κ2) is 12.1. The van der Waals surface area contributed by atoms with Crippen LogP contribution >= 0.6 is 0 Å². The highest BCUT2D eigenvalue weighted by Gasteiger charge is 2.30. The number of carbonyl (C=O) groups excluding carboxylic acids is 2. The molecule has 1 aliphatic heterocycles. The monoisotopic (exact) mass is 519 g/mol. The van der Waals surface area contributed by atoms with Gasteiger partial charge in [0.25, 0.3) is 5.91 Å². The normalized spacial score (nSPS) is 15.1. The van der Waals surface area contributed by atoms with E-state index in [2.05, 4.69) is 10.4 Å². The first-order valence-corrected chi connectivity index (χ1v) is 12.8. The SMILES string of the molecule is CCC(=Cc1cccc(NC(=O)C(c2ccc(CN3N=C(C(C)(C)C)OCC3=O)cc2)C(C)C)c1)C(=O)O. The molecular weight excluding hydrogens is 482 g/mol. The number of hydrazone groups is 1. The van der Waals surface area contributed by atoms with Gasteiger partial charge in [0.15, 0.2) is 6.61 Å². The topological polar surface area (TPSA) is 108 Å². The van der Waals surface area contributed by atoms with Crippen LogP contribution in [-0.2, 0) is 25.7 Å². The van der Waals surface area contributed by atoms with Gasteiger partial charge in [-0.25, -0.2) is 9.80 Å². The van der Waals surface area contributed by atoms with Gasteiger partial charge < -0.3 is 15.2 Å². The number of ether oxygens (including phenoxy) is 1. The number of rotatable bonds is 9. The Balaban J connectivity index is 1.76. The number of anilines is 1. The van der Waals surface area contributed by atoms with E-state index in [-0.39, 0.29) is 29.8 Å². The molecule has 2 aromatic rings. The molecule has 8 nitrogen and oxygen atoms in total. The van der Waals surface area contributed by atoms with Crippen LogP contribution in [0, 0.1) is 11.3 Å².